The van der Waals surface area contributed by atoms with Gasteiger partial charge in [-0.3, -0.25) is 9.59 Å². The quantitative estimate of drug-likeness (QED) is 0.647. The van der Waals surface area contributed by atoms with Gasteiger partial charge in [0.15, 0.2) is 0 Å². The van der Waals surface area contributed by atoms with E-state index in [0.29, 0.717) is 17.3 Å². The fourth-order valence-corrected chi connectivity index (χ4v) is 4.37. The molecular weight excluding hydrogens is 410 g/mol. The third-order valence-electron chi connectivity index (χ3n) is 4.95. The number of pyridine rings is 1. The average Bonchev–Trinajstić information content (AvgIpc) is 3.40. The van der Waals surface area contributed by atoms with Crippen LogP contribution in [0.25, 0.3) is 10.6 Å². The van der Waals surface area contributed by atoms with Gasteiger partial charge in [0.1, 0.15) is 11.3 Å². The van der Waals surface area contributed by atoms with E-state index in [1.807, 2.05) is 29.6 Å². The van der Waals surface area contributed by atoms with Crippen LogP contribution in [-0.2, 0) is 0 Å². The molecule has 0 spiro atoms. The van der Waals surface area contributed by atoms with Crippen LogP contribution in [0.3, 0.4) is 0 Å². The van der Waals surface area contributed by atoms with Crippen LogP contribution in [0.1, 0.15) is 16.8 Å². The van der Waals surface area contributed by atoms with Crippen LogP contribution in [0.2, 0.25) is 5.02 Å². The van der Waals surface area contributed by atoms with Gasteiger partial charge in [-0.05, 0) is 48.2 Å². The van der Waals surface area contributed by atoms with E-state index in [2.05, 4.69) is 15.2 Å². The monoisotopic (exact) mass is 429 g/mol. The fourth-order valence-electron chi connectivity index (χ4n) is 3.50. The summed E-state index contributed by atoms with van der Waals surface area (Å²) in [7, 11) is 1.62. The molecule has 0 bridgehead atoms. The molecule has 0 radical (unpaired) electrons. The van der Waals surface area contributed by atoms with E-state index in [1.165, 1.54) is 11.3 Å². The Kier molecular flexibility index (Phi) is 5.60. The van der Waals surface area contributed by atoms with E-state index in [-0.39, 0.29) is 23.1 Å². The van der Waals surface area contributed by atoms with Crippen LogP contribution in [0.5, 0.6) is 5.75 Å². The number of aromatic nitrogens is 1. The Bertz CT molecular complexity index is 1080. The van der Waals surface area contributed by atoms with Crippen LogP contribution >= 0.6 is 22.9 Å². The predicted octanol–water partition coefficient (Wildman–Crippen LogP) is 3.77. The van der Waals surface area contributed by atoms with Gasteiger partial charge in [0.2, 0.25) is 0 Å². The number of rotatable bonds is 5. The first kappa shape index (κ1) is 19.5. The minimum absolute atomic E-state index is 0.0671. The molecule has 1 unspecified atom stereocenters. The highest BCUT2D eigenvalue weighted by Gasteiger charge is 2.27. The molecule has 1 aromatic carbocycles. The molecule has 2 N–H and O–H groups in total. The maximum Gasteiger partial charge on any atom is 0.261 e. The number of H-pyrrole nitrogens is 1. The van der Waals surface area contributed by atoms with Crippen molar-refractivity contribution in [1.29, 1.82) is 0 Å². The first-order valence-electron chi connectivity index (χ1n) is 9.21. The number of nitrogens with one attached hydrogen (secondary N) is 2. The fraction of sp³-hybridized carbons (Fsp3) is 0.238. The Balaban J connectivity index is 1.45. The molecule has 2 aromatic heterocycles. The highest BCUT2D eigenvalue weighted by atomic mass is 35.5. The molecule has 0 aliphatic carbocycles. The normalized spacial score (nSPS) is 16.1. The molecule has 1 fully saturated rings. The average molecular weight is 430 g/mol. The standard InChI is InChI=1S/C21H20ClN3O3S/c1-28-18-7-4-13(22)11-17(18)25-9-8-14(12-25)23-20(26)15-5-6-16(24-21(15)27)19-3-2-10-29-19/h2-7,10-11,14H,8-9,12H2,1H3,(H,23,26)(H,24,27). The summed E-state index contributed by atoms with van der Waals surface area (Å²) in [5, 5.41) is 5.54. The van der Waals surface area contributed by atoms with Crippen molar-refractivity contribution in [2.75, 3.05) is 25.1 Å². The zero-order valence-electron chi connectivity index (χ0n) is 15.8. The van der Waals surface area contributed by atoms with Gasteiger partial charge >= 0.3 is 0 Å². The number of carbonyl (C=O) groups excluding carboxylic acids is 1. The van der Waals surface area contributed by atoms with E-state index in [0.717, 1.165) is 29.3 Å². The summed E-state index contributed by atoms with van der Waals surface area (Å²) >= 11 is 7.66. The van der Waals surface area contributed by atoms with Crippen LogP contribution in [0.4, 0.5) is 5.69 Å². The van der Waals surface area contributed by atoms with Crippen molar-refractivity contribution in [3.63, 3.8) is 0 Å². The number of anilines is 1. The Morgan fingerprint density at radius 3 is 2.90 bits per heavy atom. The lowest BCUT2D eigenvalue weighted by Crippen LogP contribution is -2.39. The lowest BCUT2D eigenvalue weighted by atomic mass is 10.2. The molecule has 0 saturated carbocycles. The Labute approximate surface area is 177 Å². The number of benzene rings is 1. The van der Waals surface area contributed by atoms with Gasteiger partial charge in [-0.15, -0.1) is 11.3 Å². The lowest BCUT2D eigenvalue weighted by molar-refractivity contribution is 0.0939. The highest BCUT2D eigenvalue weighted by molar-refractivity contribution is 7.13. The summed E-state index contributed by atoms with van der Waals surface area (Å²) in [5.41, 5.74) is 1.33. The maximum absolute atomic E-state index is 12.6. The first-order valence-corrected chi connectivity index (χ1v) is 10.5. The number of ether oxygens (including phenoxy) is 1. The van der Waals surface area contributed by atoms with E-state index < -0.39 is 0 Å². The third kappa shape index (κ3) is 4.16. The van der Waals surface area contributed by atoms with E-state index in [9.17, 15) is 9.59 Å². The zero-order chi connectivity index (χ0) is 20.4. The van der Waals surface area contributed by atoms with E-state index in [1.54, 1.807) is 25.3 Å². The summed E-state index contributed by atoms with van der Waals surface area (Å²) in [6.45, 7) is 1.38. The van der Waals surface area contributed by atoms with Crippen molar-refractivity contribution >= 4 is 34.5 Å². The van der Waals surface area contributed by atoms with Gasteiger partial charge < -0.3 is 19.9 Å². The number of carbonyl (C=O) groups is 1. The van der Waals surface area contributed by atoms with Gasteiger partial charge in [0, 0.05) is 24.2 Å². The molecule has 6 nitrogen and oxygen atoms in total. The summed E-state index contributed by atoms with van der Waals surface area (Å²) in [4.78, 5) is 30.9. The molecule has 150 valence electrons. The number of thiophene rings is 1. The second kappa shape index (κ2) is 8.31. The number of amides is 1. The van der Waals surface area contributed by atoms with Crippen molar-refractivity contribution in [1.82, 2.24) is 10.3 Å². The number of hydrogen-bond acceptors (Lipinski definition) is 5. The van der Waals surface area contributed by atoms with Crippen LogP contribution in [0, 0.1) is 0 Å². The maximum atomic E-state index is 12.6. The smallest absolute Gasteiger partial charge is 0.261 e. The van der Waals surface area contributed by atoms with Crippen LogP contribution < -0.4 is 20.5 Å². The summed E-state index contributed by atoms with van der Waals surface area (Å²) in [6, 6.07) is 12.6. The van der Waals surface area contributed by atoms with Crippen LogP contribution in [0.15, 0.2) is 52.6 Å². The Morgan fingerprint density at radius 1 is 1.31 bits per heavy atom. The van der Waals surface area contributed by atoms with Crippen molar-refractivity contribution in [2.24, 2.45) is 0 Å². The molecular formula is C21H20ClN3O3S. The zero-order valence-corrected chi connectivity index (χ0v) is 17.3. The molecule has 4 rings (SSSR count). The first-order chi connectivity index (χ1) is 14.0. The summed E-state index contributed by atoms with van der Waals surface area (Å²) < 4.78 is 5.42. The predicted molar refractivity (Wildman–Crippen MR) is 116 cm³/mol. The van der Waals surface area contributed by atoms with Gasteiger partial charge in [-0.2, -0.15) is 0 Å². The molecule has 3 aromatic rings. The molecule has 8 heteroatoms. The molecule has 1 aliphatic rings. The summed E-state index contributed by atoms with van der Waals surface area (Å²) in [5.74, 6) is 0.371. The van der Waals surface area contributed by atoms with Crippen molar-refractivity contribution in [3.8, 4) is 16.3 Å². The Hall–Kier alpha value is -2.77. The second-order valence-electron chi connectivity index (χ2n) is 6.81. The molecule has 3 heterocycles. The number of hydrogen-bond donors (Lipinski definition) is 2. The Morgan fingerprint density at radius 2 is 2.17 bits per heavy atom. The number of aromatic amines is 1. The van der Waals surface area contributed by atoms with E-state index >= 15 is 0 Å². The number of nitrogens with zero attached hydrogens (tertiary/aromatic N) is 1. The molecule has 1 aliphatic heterocycles. The van der Waals surface area contributed by atoms with Gasteiger partial charge in [0.25, 0.3) is 11.5 Å². The van der Waals surface area contributed by atoms with Crippen molar-refractivity contribution < 1.29 is 9.53 Å². The van der Waals surface area contributed by atoms with Crippen molar-refractivity contribution in [3.05, 3.63) is 68.8 Å². The topological polar surface area (TPSA) is 74.4 Å². The molecule has 1 atom stereocenters. The third-order valence-corrected chi connectivity index (χ3v) is 6.08. The minimum Gasteiger partial charge on any atom is -0.495 e. The lowest BCUT2D eigenvalue weighted by Gasteiger charge is -2.21. The molecule has 29 heavy (non-hydrogen) atoms. The highest BCUT2D eigenvalue weighted by Crippen LogP contribution is 2.33. The van der Waals surface area contributed by atoms with E-state index in [4.69, 9.17) is 16.3 Å². The van der Waals surface area contributed by atoms with Crippen molar-refractivity contribution in [2.45, 2.75) is 12.5 Å². The SMILES string of the molecule is COc1ccc(Cl)cc1N1CCC(NC(=O)c2ccc(-c3cccs3)[nH]c2=O)C1. The second-order valence-corrected chi connectivity index (χ2v) is 8.20. The number of halogens is 1. The van der Waals surface area contributed by atoms with Crippen LogP contribution in [-0.4, -0.2) is 37.1 Å². The molecule has 1 saturated heterocycles. The minimum atomic E-state index is -0.389. The largest absolute Gasteiger partial charge is 0.495 e. The molecule has 1 amide bonds. The number of methoxy groups -OCH3 is 1. The summed E-state index contributed by atoms with van der Waals surface area (Å²) in [6.07, 6.45) is 0.770. The van der Waals surface area contributed by atoms with Gasteiger partial charge in [0.05, 0.1) is 23.4 Å². The van der Waals surface area contributed by atoms with Gasteiger partial charge in [-0.1, -0.05) is 17.7 Å². The van der Waals surface area contributed by atoms with Gasteiger partial charge in [-0.25, -0.2) is 0 Å².